The second kappa shape index (κ2) is 5.68. The molecule has 0 unspecified atom stereocenters. The Bertz CT molecular complexity index is 601. The maximum atomic E-state index is 13.1. The maximum Gasteiger partial charge on any atom is 0.417 e. The number of halogens is 3. The second-order valence-electron chi connectivity index (χ2n) is 4.20. The summed E-state index contributed by atoms with van der Waals surface area (Å²) in [4.78, 5) is 0.882. The Balaban J connectivity index is 2.52. The number of hydrogen-bond acceptors (Lipinski definition) is 3. The van der Waals surface area contributed by atoms with E-state index in [0.29, 0.717) is 5.69 Å². The van der Waals surface area contributed by atoms with Gasteiger partial charge < -0.3 is 5.01 Å². The molecule has 2 aromatic rings. The highest BCUT2D eigenvalue weighted by Crippen LogP contribution is 2.36. The molecule has 0 aliphatic carbocycles. The first-order chi connectivity index (χ1) is 9.39. The standard InChI is InChI=1S/C14H13F3N2S/c1-19(18)13-6-2-5-12(14(15,16)17)11(13)8-7-10-4-3-9-20-10/h2-9H,18H2,1H3/b8-7+. The van der Waals surface area contributed by atoms with E-state index in [-0.39, 0.29) is 5.56 Å². The first-order valence-electron chi connectivity index (χ1n) is 5.80. The van der Waals surface area contributed by atoms with Gasteiger partial charge >= 0.3 is 6.18 Å². The first-order valence-corrected chi connectivity index (χ1v) is 6.68. The zero-order valence-electron chi connectivity index (χ0n) is 10.7. The van der Waals surface area contributed by atoms with Crippen LogP contribution in [0.4, 0.5) is 18.9 Å². The Labute approximate surface area is 118 Å². The lowest BCUT2D eigenvalue weighted by atomic mass is 10.0. The highest BCUT2D eigenvalue weighted by molar-refractivity contribution is 7.10. The lowest BCUT2D eigenvalue weighted by Gasteiger charge is -2.19. The molecule has 106 valence electrons. The van der Waals surface area contributed by atoms with Crippen molar-refractivity contribution in [2.75, 3.05) is 12.1 Å². The number of nitrogens with zero attached hydrogens (tertiary/aromatic N) is 1. The monoisotopic (exact) mass is 298 g/mol. The molecule has 0 spiro atoms. The number of hydrazine groups is 1. The highest BCUT2D eigenvalue weighted by atomic mass is 32.1. The number of rotatable bonds is 3. The summed E-state index contributed by atoms with van der Waals surface area (Å²) < 4.78 is 39.2. The molecule has 0 atom stereocenters. The van der Waals surface area contributed by atoms with E-state index in [1.54, 1.807) is 12.1 Å². The summed E-state index contributed by atoms with van der Waals surface area (Å²) in [5.74, 6) is 5.61. The lowest BCUT2D eigenvalue weighted by Crippen LogP contribution is -2.26. The van der Waals surface area contributed by atoms with Crippen LogP contribution in [0.15, 0.2) is 35.7 Å². The average molecular weight is 298 g/mol. The number of anilines is 1. The SMILES string of the molecule is CN(N)c1cccc(C(F)(F)F)c1/C=C/c1cccs1. The van der Waals surface area contributed by atoms with Crippen molar-refractivity contribution >= 4 is 29.2 Å². The minimum absolute atomic E-state index is 0.0680. The molecule has 1 aromatic carbocycles. The predicted molar refractivity (Wildman–Crippen MR) is 77.3 cm³/mol. The predicted octanol–water partition coefficient (Wildman–Crippen LogP) is 4.25. The van der Waals surface area contributed by atoms with Crippen LogP contribution in [0, 0.1) is 0 Å². The van der Waals surface area contributed by atoms with Gasteiger partial charge in [-0.25, -0.2) is 5.84 Å². The number of thiophene rings is 1. The van der Waals surface area contributed by atoms with E-state index in [9.17, 15) is 13.2 Å². The zero-order chi connectivity index (χ0) is 14.8. The van der Waals surface area contributed by atoms with Gasteiger partial charge in [-0.2, -0.15) is 13.2 Å². The van der Waals surface area contributed by atoms with Crippen LogP contribution in [-0.2, 0) is 6.18 Å². The summed E-state index contributed by atoms with van der Waals surface area (Å²) in [6.45, 7) is 0. The van der Waals surface area contributed by atoms with E-state index in [4.69, 9.17) is 5.84 Å². The molecule has 0 fully saturated rings. The smallest absolute Gasteiger partial charge is 0.314 e. The van der Waals surface area contributed by atoms with E-state index in [1.165, 1.54) is 35.5 Å². The minimum atomic E-state index is -4.42. The van der Waals surface area contributed by atoms with Crippen molar-refractivity contribution in [2.24, 2.45) is 5.84 Å². The Hall–Kier alpha value is -1.79. The van der Waals surface area contributed by atoms with Crippen LogP contribution >= 0.6 is 11.3 Å². The molecule has 2 rings (SSSR count). The van der Waals surface area contributed by atoms with Gasteiger partial charge in [-0.1, -0.05) is 18.2 Å². The third-order valence-corrected chi connectivity index (χ3v) is 3.56. The Morgan fingerprint density at radius 1 is 1.15 bits per heavy atom. The van der Waals surface area contributed by atoms with Crippen molar-refractivity contribution in [1.29, 1.82) is 0 Å². The maximum absolute atomic E-state index is 13.1. The molecule has 6 heteroatoms. The van der Waals surface area contributed by atoms with Gasteiger partial charge in [0, 0.05) is 17.5 Å². The molecule has 2 N–H and O–H groups in total. The van der Waals surface area contributed by atoms with Crippen LogP contribution in [0.1, 0.15) is 16.0 Å². The van der Waals surface area contributed by atoms with Gasteiger partial charge in [0.2, 0.25) is 0 Å². The molecular weight excluding hydrogens is 285 g/mol. The van der Waals surface area contributed by atoms with Crippen LogP contribution in [0.2, 0.25) is 0 Å². The third-order valence-electron chi connectivity index (χ3n) is 2.73. The quantitative estimate of drug-likeness (QED) is 0.678. The summed E-state index contributed by atoms with van der Waals surface area (Å²) in [7, 11) is 1.51. The fourth-order valence-corrected chi connectivity index (χ4v) is 2.45. The van der Waals surface area contributed by atoms with E-state index in [1.807, 2.05) is 17.5 Å². The van der Waals surface area contributed by atoms with Gasteiger partial charge in [-0.05, 0) is 29.7 Å². The average Bonchev–Trinajstić information content (AvgIpc) is 2.87. The Morgan fingerprint density at radius 3 is 2.45 bits per heavy atom. The van der Waals surface area contributed by atoms with Crippen LogP contribution in [0.3, 0.4) is 0 Å². The third kappa shape index (κ3) is 3.20. The molecule has 0 aliphatic heterocycles. The fourth-order valence-electron chi connectivity index (χ4n) is 1.83. The lowest BCUT2D eigenvalue weighted by molar-refractivity contribution is -0.137. The van der Waals surface area contributed by atoms with Crippen molar-refractivity contribution in [3.8, 4) is 0 Å². The molecule has 20 heavy (non-hydrogen) atoms. The summed E-state index contributed by atoms with van der Waals surface area (Å²) in [5, 5.41) is 3.05. The first kappa shape index (κ1) is 14.6. The van der Waals surface area contributed by atoms with Crippen molar-refractivity contribution in [1.82, 2.24) is 0 Å². The zero-order valence-corrected chi connectivity index (χ0v) is 11.5. The van der Waals surface area contributed by atoms with Crippen molar-refractivity contribution in [2.45, 2.75) is 6.18 Å². The molecule has 0 saturated heterocycles. The van der Waals surface area contributed by atoms with Crippen LogP contribution in [-0.4, -0.2) is 7.05 Å². The molecule has 1 aromatic heterocycles. The van der Waals surface area contributed by atoms with Crippen molar-refractivity contribution in [3.05, 3.63) is 51.7 Å². The van der Waals surface area contributed by atoms with Gasteiger partial charge in [-0.15, -0.1) is 11.3 Å². The molecule has 1 heterocycles. The van der Waals surface area contributed by atoms with Crippen molar-refractivity contribution < 1.29 is 13.2 Å². The van der Waals surface area contributed by atoms with Gasteiger partial charge in [0.1, 0.15) is 0 Å². The number of benzene rings is 1. The van der Waals surface area contributed by atoms with E-state index >= 15 is 0 Å². The van der Waals surface area contributed by atoms with Gasteiger partial charge in [0.15, 0.2) is 0 Å². The molecular formula is C14H13F3N2S. The molecule has 0 saturated carbocycles. The minimum Gasteiger partial charge on any atom is -0.314 e. The number of nitrogens with two attached hydrogens (primary N) is 1. The summed E-state index contributed by atoms with van der Waals surface area (Å²) >= 11 is 1.46. The van der Waals surface area contributed by atoms with Crippen LogP contribution < -0.4 is 10.9 Å². The summed E-state index contributed by atoms with van der Waals surface area (Å²) in [6, 6.07) is 7.65. The molecule has 2 nitrogen and oxygen atoms in total. The van der Waals surface area contributed by atoms with Crippen LogP contribution in [0.25, 0.3) is 12.2 Å². The molecule has 0 bridgehead atoms. The molecule has 0 radical (unpaired) electrons. The van der Waals surface area contributed by atoms with Gasteiger partial charge in [0.25, 0.3) is 0 Å². The van der Waals surface area contributed by atoms with E-state index in [0.717, 1.165) is 10.9 Å². The highest BCUT2D eigenvalue weighted by Gasteiger charge is 2.33. The van der Waals surface area contributed by atoms with E-state index in [2.05, 4.69) is 0 Å². The van der Waals surface area contributed by atoms with Crippen molar-refractivity contribution in [3.63, 3.8) is 0 Å². The van der Waals surface area contributed by atoms with Crippen LogP contribution in [0.5, 0.6) is 0 Å². The number of alkyl halides is 3. The van der Waals surface area contributed by atoms with Gasteiger partial charge in [0.05, 0.1) is 11.3 Å². The summed E-state index contributed by atoms with van der Waals surface area (Å²) in [5.41, 5.74) is -0.300. The number of hydrogen-bond donors (Lipinski definition) is 1. The van der Waals surface area contributed by atoms with E-state index < -0.39 is 11.7 Å². The summed E-state index contributed by atoms with van der Waals surface area (Å²) in [6.07, 6.45) is -1.31. The molecule has 0 aliphatic rings. The Kier molecular flexibility index (Phi) is 4.15. The van der Waals surface area contributed by atoms with Gasteiger partial charge in [-0.3, -0.25) is 0 Å². The largest absolute Gasteiger partial charge is 0.417 e. The molecule has 0 amide bonds. The normalized spacial score (nSPS) is 12.1. The Morgan fingerprint density at radius 2 is 1.90 bits per heavy atom. The topological polar surface area (TPSA) is 29.3 Å². The fraction of sp³-hybridized carbons (Fsp3) is 0.143. The second-order valence-corrected chi connectivity index (χ2v) is 5.18.